The molecule has 0 saturated carbocycles. The molecular formula is C5H7LiN2. The van der Waals surface area contributed by atoms with Crippen LogP contribution in [0.15, 0.2) is 12.5 Å². The van der Waals surface area contributed by atoms with Gasteiger partial charge in [0.2, 0.25) is 0 Å². The zero-order chi connectivity index (χ0) is 5.98. The third-order valence-electron chi connectivity index (χ3n) is 1.26. The van der Waals surface area contributed by atoms with Crippen LogP contribution in [-0.2, 0) is 6.54 Å². The molecule has 0 aromatic carbocycles. The maximum atomic E-state index is 3.96. The molecule has 0 saturated heterocycles. The van der Waals surface area contributed by atoms with Gasteiger partial charge in [0.15, 0.2) is 0 Å². The molecule has 0 N–H and O–H groups in total. The standard InChI is InChI=1S/C5H7N2.Li/c1-2-7-4-3-6-5-7;/h3,5H,2H2,1H3;. The first kappa shape index (κ1) is 5.94. The van der Waals surface area contributed by atoms with Gasteiger partial charge in [0.05, 0.1) is 0 Å². The monoisotopic (exact) mass is 102 g/mol. The quantitative estimate of drug-likeness (QED) is 0.445. The summed E-state index contributed by atoms with van der Waals surface area (Å²) in [6.07, 6.45) is 3.71. The Bertz CT molecular complexity index is 171. The Hall–Kier alpha value is -0.193. The van der Waals surface area contributed by atoms with Crippen LogP contribution in [0.1, 0.15) is 6.92 Å². The molecule has 0 bridgehead atoms. The predicted molar refractivity (Wildman–Crippen MR) is 33.3 cm³/mol. The summed E-state index contributed by atoms with van der Waals surface area (Å²) < 4.78 is 3.33. The van der Waals surface area contributed by atoms with Gasteiger partial charge < -0.3 is 0 Å². The molecule has 8 heavy (non-hydrogen) atoms. The van der Waals surface area contributed by atoms with Crippen LogP contribution in [0, 0.1) is 0 Å². The van der Waals surface area contributed by atoms with E-state index in [1.54, 1.807) is 0 Å². The molecule has 0 spiro atoms. The number of nitrogens with zero attached hydrogens (tertiary/aromatic N) is 2. The van der Waals surface area contributed by atoms with Crippen molar-refractivity contribution in [3.8, 4) is 0 Å². The third-order valence-corrected chi connectivity index (χ3v) is 1.26. The van der Waals surface area contributed by atoms with Gasteiger partial charge in [-0.3, -0.25) is 0 Å². The Morgan fingerprint density at radius 1 is 1.88 bits per heavy atom. The summed E-state index contributed by atoms with van der Waals surface area (Å²) in [5.74, 6) is 0. The Balaban J connectivity index is 2.92. The van der Waals surface area contributed by atoms with Gasteiger partial charge in [-0.25, -0.2) is 0 Å². The van der Waals surface area contributed by atoms with Crippen molar-refractivity contribution >= 4 is 22.1 Å². The molecule has 0 radical (unpaired) electrons. The second-order valence-electron chi connectivity index (χ2n) is 1.82. The van der Waals surface area contributed by atoms with E-state index in [0.717, 1.165) is 6.54 Å². The second-order valence-corrected chi connectivity index (χ2v) is 1.82. The van der Waals surface area contributed by atoms with Crippen molar-refractivity contribution in [2.75, 3.05) is 0 Å². The van der Waals surface area contributed by atoms with Crippen molar-refractivity contribution in [3.63, 3.8) is 0 Å². The molecule has 3 heteroatoms. The molecule has 0 aliphatic carbocycles. The minimum atomic E-state index is 1.02. The summed E-state index contributed by atoms with van der Waals surface area (Å²) in [6, 6.07) is 0. The summed E-state index contributed by atoms with van der Waals surface area (Å²) in [5, 5.41) is 0. The molecule has 0 aliphatic rings. The van der Waals surface area contributed by atoms with Crippen LogP contribution in [0.4, 0.5) is 0 Å². The second kappa shape index (κ2) is 2.39. The van der Waals surface area contributed by atoms with Crippen molar-refractivity contribution in [2.45, 2.75) is 13.5 Å². The van der Waals surface area contributed by atoms with Crippen LogP contribution in [-0.4, -0.2) is 27.3 Å². The van der Waals surface area contributed by atoms with Gasteiger partial charge in [0, 0.05) is 0 Å². The first-order valence-electron chi connectivity index (χ1n) is 2.81. The van der Waals surface area contributed by atoms with Gasteiger partial charge >= 0.3 is 57.6 Å². The van der Waals surface area contributed by atoms with E-state index in [1.165, 1.54) is 4.37 Å². The Kier molecular flexibility index (Phi) is 1.77. The zero-order valence-corrected chi connectivity index (χ0v) is 5.26. The van der Waals surface area contributed by atoms with Crippen LogP contribution in [0.5, 0.6) is 0 Å². The van der Waals surface area contributed by atoms with Crippen LogP contribution in [0.3, 0.4) is 0 Å². The number of hydrogen-bond donors (Lipinski definition) is 0. The molecule has 0 atom stereocenters. The van der Waals surface area contributed by atoms with Gasteiger partial charge in [-0.2, -0.15) is 0 Å². The van der Waals surface area contributed by atoms with Gasteiger partial charge in [0.25, 0.3) is 0 Å². The van der Waals surface area contributed by atoms with Crippen LogP contribution in [0.2, 0.25) is 0 Å². The van der Waals surface area contributed by atoms with E-state index in [4.69, 9.17) is 0 Å². The van der Waals surface area contributed by atoms with Crippen molar-refractivity contribution < 1.29 is 0 Å². The summed E-state index contributed by atoms with van der Waals surface area (Å²) in [4.78, 5) is 3.96. The fraction of sp³-hybridized carbons (Fsp3) is 0.400. The fourth-order valence-electron chi connectivity index (χ4n) is 0.718. The molecule has 0 amide bonds. The Labute approximate surface area is 58.1 Å². The van der Waals surface area contributed by atoms with Crippen LogP contribution >= 0.6 is 0 Å². The van der Waals surface area contributed by atoms with E-state index in [9.17, 15) is 0 Å². The number of rotatable bonds is 1. The molecule has 1 rings (SSSR count). The fourth-order valence-corrected chi connectivity index (χ4v) is 0.718. The van der Waals surface area contributed by atoms with Gasteiger partial charge in [-0.1, -0.05) is 0 Å². The molecule has 2 nitrogen and oxygen atoms in total. The molecule has 0 unspecified atom stereocenters. The van der Waals surface area contributed by atoms with Crippen LogP contribution in [0.25, 0.3) is 0 Å². The Morgan fingerprint density at radius 3 is 2.88 bits per heavy atom. The summed E-state index contributed by atoms with van der Waals surface area (Å²) in [6.45, 7) is 3.13. The van der Waals surface area contributed by atoms with E-state index in [2.05, 4.69) is 34.2 Å². The SMILES string of the molecule is [Li][c]1cncn1CC. The normalized spacial score (nSPS) is 9.88. The third kappa shape index (κ3) is 0.963. The van der Waals surface area contributed by atoms with E-state index in [1.807, 2.05) is 12.5 Å². The number of aromatic nitrogens is 2. The molecule has 1 aromatic rings. The molecular weight excluding hydrogens is 95.0 g/mol. The summed E-state index contributed by atoms with van der Waals surface area (Å²) >= 11 is 2.05. The molecule has 1 aromatic heterocycles. The minimum absolute atomic E-state index is 1.02. The molecule has 0 fully saturated rings. The first-order valence-corrected chi connectivity index (χ1v) is 2.81. The topological polar surface area (TPSA) is 17.8 Å². The van der Waals surface area contributed by atoms with Crippen molar-refractivity contribution in [3.05, 3.63) is 12.5 Å². The molecule has 38 valence electrons. The maximum absolute atomic E-state index is 3.96. The molecule has 1 heterocycles. The van der Waals surface area contributed by atoms with Crippen LogP contribution < -0.4 is 4.37 Å². The number of imidazole rings is 1. The van der Waals surface area contributed by atoms with Crippen molar-refractivity contribution in [1.29, 1.82) is 0 Å². The van der Waals surface area contributed by atoms with Crippen molar-refractivity contribution in [1.82, 2.24) is 9.55 Å². The predicted octanol–water partition coefficient (Wildman–Crippen LogP) is -0.303. The average molecular weight is 102 g/mol. The van der Waals surface area contributed by atoms with E-state index in [-0.39, 0.29) is 0 Å². The zero-order valence-electron chi connectivity index (χ0n) is 5.26. The number of hydrogen-bond acceptors (Lipinski definition) is 1. The van der Waals surface area contributed by atoms with E-state index in [0.29, 0.717) is 0 Å². The van der Waals surface area contributed by atoms with E-state index < -0.39 is 0 Å². The summed E-state index contributed by atoms with van der Waals surface area (Å²) in [7, 11) is 0. The first-order chi connectivity index (χ1) is 3.84. The summed E-state index contributed by atoms with van der Waals surface area (Å²) in [5.41, 5.74) is 0. The van der Waals surface area contributed by atoms with E-state index >= 15 is 0 Å². The number of aryl methyl sites for hydroxylation is 1. The van der Waals surface area contributed by atoms with Gasteiger partial charge in [0.1, 0.15) is 0 Å². The van der Waals surface area contributed by atoms with Gasteiger partial charge in [-0.05, 0) is 0 Å². The van der Waals surface area contributed by atoms with Gasteiger partial charge in [-0.15, -0.1) is 0 Å². The molecule has 0 aliphatic heterocycles. The van der Waals surface area contributed by atoms with Crippen molar-refractivity contribution in [2.24, 2.45) is 0 Å². The Morgan fingerprint density at radius 2 is 2.62 bits per heavy atom. The average Bonchev–Trinajstić information content (AvgIpc) is 2.14.